The highest BCUT2D eigenvalue weighted by atomic mass is 35.5. The molecule has 19 heavy (non-hydrogen) atoms. The van der Waals surface area contributed by atoms with Crippen molar-refractivity contribution >= 4 is 28.2 Å². The third kappa shape index (κ3) is 6.10. The molecule has 0 spiro atoms. The van der Waals surface area contributed by atoms with E-state index in [2.05, 4.69) is 5.32 Å². The van der Waals surface area contributed by atoms with Gasteiger partial charge in [0.1, 0.15) is 9.84 Å². The van der Waals surface area contributed by atoms with Gasteiger partial charge in [-0.05, 0) is 26.8 Å². The first kappa shape index (κ1) is 18.7. The predicted octanol–water partition coefficient (Wildman–Crippen LogP) is 0.688. The molecule has 7 heteroatoms. The van der Waals surface area contributed by atoms with Crippen LogP contribution in [0.3, 0.4) is 0 Å². The molecule has 1 aliphatic rings. The fourth-order valence-corrected chi connectivity index (χ4v) is 3.31. The topological polar surface area (TPSA) is 66.5 Å². The molecule has 1 saturated carbocycles. The van der Waals surface area contributed by atoms with Crippen molar-refractivity contribution in [3.8, 4) is 0 Å². The Morgan fingerprint density at radius 2 is 1.89 bits per heavy atom. The number of nitrogens with zero attached hydrogens (tertiary/aromatic N) is 1. The van der Waals surface area contributed by atoms with Gasteiger partial charge in [0.05, 0.1) is 5.75 Å². The van der Waals surface area contributed by atoms with Crippen molar-refractivity contribution in [2.24, 2.45) is 5.92 Å². The number of carbonyl (C=O) groups excluding carboxylic acids is 1. The van der Waals surface area contributed by atoms with Crippen molar-refractivity contribution in [1.29, 1.82) is 0 Å². The Morgan fingerprint density at radius 3 is 2.26 bits per heavy atom. The smallest absolute Gasteiger partial charge is 0.227 e. The van der Waals surface area contributed by atoms with Crippen LogP contribution in [0.5, 0.6) is 0 Å². The molecule has 0 aliphatic heterocycles. The summed E-state index contributed by atoms with van der Waals surface area (Å²) >= 11 is 0. The molecular weight excluding hydrogens is 288 g/mol. The van der Waals surface area contributed by atoms with Gasteiger partial charge in [0.15, 0.2) is 0 Å². The van der Waals surface area contributed by atoms with Crippen molar-refractivity contribution in [2.75, 3.05) is 25.6 Å². The highest BCUT2D eigenvalue weighted by Gasteiger charge is 2.38. The van der Waals surface area contributed by atoms with Gasteiger partial charge in [0.2, 0.25) is 5.91 Å². The highest BCUT2D eigenvalue weighted by molar-refractivity contribution is 7.90. The Labute approximate surface area is 122 Å². The molecule has 5 nitrogen and oxygen atoms in total. The van der Waals surface area contributed by atoms with Gasteiger partial charge in [-0.2, -0.15) is 0 Å². The van der Waals surface area contributed by atoms with Crippen LogP contribution in [0, 0.1) is 5.92 Å². The molecule has 0 aromatic heterocycles. The van der Waals surface area contributed by atoms with E-state index in [4.69, 9.17) is 0 Å². The lowest BCUT2D eigenvalue weighted by atomic mass is 10.1. The van der Waals surface area contributed by atoms with E-state index in [1.807, 2.05) is 20.9 Å². The average molecular weight is 313 g/mol. The van der Waals surface area contributed by atoms with E-state index in [1.54, 1.807) is 4.90 Å². The first-order valence-corrected chi connectivity index (χ1v) is 8.46. The van der Waals surface area contributed by atoms with Crippen LogP contribution in [0.15, 0.2) is 0 Å². The number of rotatable bonds is 7. The van der Waals surface area contributed by atoms with Gasteiger partial charge in [-0.15, -0.1) is 12.4 Å². The monoisotopic (exact) mass is 312 g/mol. The minimum atomic E-state index is -3.06. The predicted molar refractivity (Wildman–Crippen MR) is 79.4 cm³/mol. The molecule has 1 fully saturated rings. The Balaban J connectivity index is 0.00000324. The lowest BCUT2D eigenvalue weighted by molar-refractivity contribution is -0.137. The molecule has 0 radical (unpaired) electrons. The molecule has 0 bridgehead atoms. The summed E-state index contributed by atoms with van der Waals surface area (Å²) in [4.78, 5) is 14.1. The molecule has 0 aromatic carbocycles. The second kappa shape index (κ2) is 7.45. The van der Waals surface area contributed by atoms with Gasteiger partial charge < -0.3 is 10.2 Å². The second-order valence-electron chi connectivity index (χ2n) is 5.38. The maximum atomic E-state index is 12.3. The summed E-state index contributed by atoms with van der Waals surface area (Å²) in [6.07, 6.45) is 3.20. The van der Waals surface area contributed by atoms with Crippen molar-refractivity contribution in [1.82, 2.24) is 10.2 Å². The maximum absolute atomic E-state index is 12.3. The van der Waals surface area contributed by atoms with Gasteiger partial charge >= 0.3 is 0 Å². The van der Waals surface area contributed by atoms with Gasteiger partial charge in [0, 0.05) is 30.8 Å². The van der Waals surface area contributed by atoms with Gasteiger partial charge in [-0.25, -0.2) is 8.42 Å². The normalized spacial score (nSPS) is 18.3. The second-order valence-corrected chi connectivity index (χ2v) is 7.56. The lowest BCUT2D eigenvalue weighted by Crippen LogP contribution is -2.47. The summed E-state index contributed by atoms with van der Waals surface area (Å²) in [6.45, 7) is 4.32. The third-order valence-electron chi connectivity index (χ3n) is 3.15. The first-order valence-electron chi connectivity index (χ1n) is 6.40. The summed E-state index contributed by atoms with van der Waals surface area (Å²) in [5, 5.41) is 2.98. The molecule has 0 aromatic rings. The van der Waals surface area contributed by atoms with Gasteiger partial charge in [-0.1, -0.05) is 6.92 Å². The third-order valence-corrected chi connectivity index (χ3v) is 4.23. The summed E-state index contributed by atoms with van der Waals surface area (Å²) in [5.74, 6) is -0.0118. The molecule has 114 valence electrons. The minimum Gasteiger partial charge on any atom is -0.336 e. The van der Waals surface area contributed by atoms with E-state index in [-0.39, 0.29) is 42.1 Å². The van der Waals surface area contributed by atoms with Crippen LogP contribution < -0.4 is 5.32 Å². The zero-order valence-electron chi connectivity index (χ0n) is 12.0. The molecule has 1 aliphatic carbocycles. The zero-order valence-corrected chi connectivity index (χ0v) is 13.7. The standard InChI is InChI=1S/C12H24N2O3S.ClH/c1-9(7-13-3)12(15)14(11-5-6-11)10(2)8-18(4,16)17;/h9-11,13H,5-8H2,1-4H3;1H. The molecule has 1 N–H and O–H groups in total. The fourth-order valence-electron chi connectivity index (χ4n) is 2.28. The van der Waals surface area contributed by atoms with Crippen molar-refractivity contribution in [3.63, 3.8) is 0 Å². The van der Waals surface area contributed by atoms with E-state index >= 15 is 0 Å². The molecule has 1 amide bonds. The van der Waals surface area contributed by atoms with E-state index < -0.39 is 9.84 Å². The summed E-state index contributed by atoms with van der Waals surface area (Å²) < 4.78 is 22.7. The first-order chi connectivity index (χ1) is 8.26. The fraction of sp³-hybridized carbons (Fsp3) is 0.917. The van der Waals surface area contributed by atoms with Crippen LogP contribution >= 0.6 is 12.4 Å². The summed E-state index contributed by atoms with van der Waals surface area (Å²) in [6, 6.07) is 0.00728. The van der Waals surface area contributed by atoms with Crippen LogP contribution in [-0.4, -0.2) is 56.9 Å². The largest absolute Gasteiger partial charge is 0.336 e. The Kier molecular flexibility index (Phi) is 7.32. The number of hydrogen-bond acceptors (Lipinski definition) is 4. The van der Waals surface area contributed by atoms with Crippen LogP contribution in [0.2, 0.25) is 0 Å². The summed E-state index contributed by atoms with van der Waals surface area (Å²) in [5.41, 5.74) is 0. The van der Waals surface area contributed by atoms with Crippen molar-refractivity contribution in [2.45, 2.75) is 38.8 Å². The SMILES string of the molecule is CNCC(C)C(=O)N(C(C)CS(C)(=O)=O)C1CC1.Cl. The molecule has 1 rings (SSSR count). The number of carbonyl (C=O) groups is 1. The molecule has 0 heterocycles. The Hall–Kier alpha value is -0.330. The molecular formula is C12H25ClN2O3S. The van der Waals surface area contributed by atoms with E-state index in [1.165, 1.54) is 6.26 Å². The molecule has 2 unspecified atom stereocenters. The minimum absolute atomic E-state index is 0. The Bertz CT molecular complexity index is 396. The highest BCUT2D eigenvalue weighted by Crippen LogP contribution is 2.30. The number of sulfone groups is 1. The summed E-state index contributed by atoms with van der Waals surface area (Å²) in [7, 11) is -1.24. The van der Waals surface area contributed by atoms with Crippen molar-refractivity contribution < 1.29 is 13.2 Å². The average Bonchev–Trinajstić information content (AvgIpc) is 2.99. The van der Waals surface area contributed by atoms with Gasteiger partial charge in [-0.3, -0.25) is 4.79 Å². The lowest BCUT2D eigenvalue weighted by Gasteiger charge is -2.31. The van der Waals surface area contributed by atoms with Crippen molar-refractivity contribution in [3.05, 3.63) is 0 Å². The maximum Gasteiger partial charge on any atom is 0.227 e. The zero-order chi connectivity index (χ0) is 13.9. The quantitative estimate of drug-likeness (QED) is 0.751. The van der Waals surface area contributed by atoms with E-state index in [0.29, 0.717) is 6.54 Å². The van der Waals surface area contributed by atoms with Gasteiger partial charge in [0.25, 0.3) is 0 Å². The van der Waals surface area contributed by atoms with Crippen LogP contribution in [0.4, 0.5) is 0 Å². The van der Waals surface area contributed by atoms with E-state index in [9.17, 15) is 13.2 Å². The number of halogens is 1. The number of amides is 1. The number of hydrogen-bond donors (Lipinski definition) is 1. The van der Waals surface area contributed by atoms with Crippen LogP contribution in [0.1, 0.15) is 26.7 Å². The van der Waals surface area contributed by atoms with Crippen LogP contribution in [-0.2, 0) is 14.6 Å². The Morgan fingerprint density at radius 1 is 1.37 bits per heavy atom. The molecule has 0 saturated heterocycles. The van der Waals surface area contributed by atoms with E-state index in [0.717, 1.165) is 12.8 Å². The van der Waals surface area contributed by atoms with Crippen LogP contribution in [0.25, 0.3) is 0 Å². The molecule has 2 atom stereocenters. The number of nitrogens with one attached hydrogen (secondary N) is 1.